The molecule has 0 spiro atoms. The summed E-state index contributed by atoms with van der Waals surface area (Å²) in [6, 6.07) is 11.4. The van der Waals surface area contributed by atoms with Gasteiger partial charge in [0.25, 0.3) is 5.91 Å². The Kier molecular flexibility index (Phi) is 8.29. The number of rotatable bonds is 8. The molecule has 3 N–H and O–H groups in total. The van der Waals surface area contributed by atoms with Gasteiger partial charge in [0, 0.05) is 37.9 Å². The molecule has 0 aliphatic carbocycles. The van der Waals surface area contributed by atoms with Gasteiger partial charge in [-0.05, 0) is 43.7 Å². The fraction of sp³-hybridized carbons (Fsp3) is 0.455. The molecule has 1 atom stereocenters. The molecule has 3 rings (SSSR count). The van der Waals surface area contributed by atoms with Crippen LogP contribution in [0.5, 0.6) is 0 Å². The molecule has 1 aliphatic rings. The van der Waals surface area contributed by atoms with Crippen molar-refractivity contribution in [3.63, 3.8) is 0 Å². The molecule has 1 amide bonds. The maximum Gasteiger partial charge on any atom is 0.291 e. The lowest BCUT2D eigenvalue weighted by Gasteiger charge is -2.32. The maximum atomic E-state index is 12.2. The highest BCUT2D eigenvalue weighted by molar-refractivity contribution is 6.02. The fourth-order valence-corrected chi connectivity index (χ4v) is 3.25. The van der Waals surface area contributed by atoms with Crippen molar-refractivity contribution in [2.45, 2.75) is 26.4 Å². The summed E-state index contributed by atoms with van der Waals surface area (Å²) in [6.45, 7) is 9.89. The number of aliphatic imine (C=N–C) groups is 1. The Morgan fingerprint density at radius 1 is 1.20 bits per heavy atom. The standard InChI is InChI=1S/C22H31N5O3/c1-3-23-22(24-15-17(2)27-9-12-29-13-10-27)25-16-18-6-4-7-19(14-18)26-21(28)20-8-5-11-30-20/h4-8,11,14,17H,3,9-10,12-13,15-16H2,1-2H3,(H,26,28)(H2,23,24,25). The summed E-state index contributed by atoms with van der Waals surface area (Å²) in [5.74, 6) is 0.793. The quantitative estimate of drug-likeness (QED) is 0.454. The SMILES string of the molecule is CCNC(=NCc1cccc(NC(=O)c2ccco2)c1)NCC(C)N1CCOCC1. The van der Waals surface area contributed by atoms with Crippen LogP contribution in [0.15, 0.2) is 52.1 Å². The number of amides is 1. The van der Waals surface area contributed by atoms with Crippen molar-refractivity contribution in [3.05, 3.63) is 54.0 Å². The maximum absolute atomic E-state index is 12.2. The number of hydrogen-bond acceptors (Lipinski definition) is 5. The van der Waals surface area contributed by atoms with Crippen LogP contribution in [0.4, 0.5) is 5.69 Å². The van der Waals surface area contributed by atoms with Crippen molar-refractivity contribution in [1.29, 1.82) is 0 Å². The third-order valence-electron chi connectivity index (χ3n) is 4.93. The molecular formula is C22H31N5O3. The molecule has 0 radical (unpaired) electrons. The second-order valence-electron chi connectivity index (χ2n) is 7.21. The summed E-state index contributed by atoms with van der Waals surface area (Å²) in [5.41, 5.74) is 1.72. The van der Waals surface area contributed by atoms with E-state index in [9.17, 15) is 4.79 Å². The van der Waals surface area contributed by atoms with Gasteiger partial charge in [0.05, 0.1) is 26.0 Å². The van der Waals surface area contributed by atoms with E-state index in [0.717, 1.165) is 50.9 Å². The highest BCUT2D eigenvalue weighted by atomic mass is 16.5. The number of nitrogens with zero attached hydrogens (tertiary/aromatic N) is 2. The molecule has 1 aliphatic heterocycles. The molecule has 8 nitrogen and oxygen atoms in total. The van der Waals surface area contributed by atoms with Gasteiger partial charge < -0.3 is 25.1 Å². The van der Waals surface area contributed by atoms with Crippen LogP contribution in [0.25, 0.3) is 0 Å². The van der Waals surface area contributed by atoms with Gasteiger partial charge in [-0.3, -0.25) is 9.69 Å². The van der Waals surface area contributed by atoms with Crippen molar-refractivity contribution >= 4 is 17.6 Å². The molecule has 0 bridgehead atoms. The van der Waals surface area contributed by atoms with Gasteiger partial charge in [0.2, 0.25) is 0 Å². The minimum Gasteiger partial charge on any atom is -0.459 e. The summed E-state index contributed by atoms with van der Waals surface area (Å²) in [5, 5.41) is 9.56. The lowest BCUT2D eigenvalue weighted by molar-refractivity contribution is 0.0211. The van der Waals surface area contributed by atoms with Crippen LogP contribution in [-0.2, 0) is 11.3 Å². The number of carbonyl (C=O) groups excluding carboxylic acids is 1. The van der Waals surface area contributed by atoms with Crippen molar-refractivity contribution in [2.24, 2.45) is 4.99 Å². The minimum absolute atomic E-state index is 0.271. The second kappa shape index (κ2) is 11.4. The van der Waals surface area contributed by atoms with Crippen molar-refractivity contribution < 1.29 is 13.9 Å². The molecule has 162 valence electrons. The van der Waals surface area contributed by atoms with Crippen molar-refractivity contribution in [2.75, 3.05) is 44.7 Å². The highest BCUT2D eigenvalue weighted by Crippen LogP contribution is 2.13. The number of carbonyl (C=O) groups is 1. The van der Waals surface area contributed by atoms with Crippen LogP contribution in [0.1, 0.15) is 30.0 Å². The average molecular weight is 414 g/mol. The molecule has 1 saturated heterocycles. The number of ether oxygens (including phenoxy) is 1. The van der Waals surface area contributed by atoms with Gasteiger partial charge in [-0.25, -0.2) is 4.99 Å². The first-order chi connectivity index (χ1) is 14.7. The summed E-state index contributed by atoms with van der Waals surface area (Å²) in [6.07, 6.45) is 1.48. The van der Waals surface area contributed by atoms with Crippen LogP contribution >= 0.6 is 0 Å². The zero-order valence-electron chi connectivity index (χ0n) is 17.7. The predicted octanol–water partition coefficient (Wildman–Crippen LogP) is 2.31. The second-order valence-corrected chi connectivity index (χ2v) is 7.21. The summed E-state index contributed by atoms with van der Waals surface area (Å²) < 4.78 is 10.6. The zero-order chi connectivity index (χ0) is 21.2. The number of furan rings is 1. The van der Waals surface area contributed by atoms with Gasteiger partial charge in [-0.15, -0.1) is 0 Å². The number of anilines is 1. The number of nitrogens with one attached hydrogen (secondary N) is 3. The Labute approximate surface area is 177 Å². The first-order valence-corrected chi connectivity index (χ1v) is 10.4. The minimum atomic E-state index is -0.271. The molecule has 1 unspecified atom stereocenters. The molecule has 2 heterocycles. The molecule has 1 aromatic carbocycles. The molecule has 2 aromatic rings. The topological polar surface area (TPSA) is 91.1 Å². The Morgan fingerprint density at radius 2 is 2.03 bits per heavy atom. The fourth-order valence-electron chi connectivity index (χ4n) is 3.25. The summed E-state index contributed by atoms with van der Waals surface area (Å²) in [7, 11) is 0. The Hall–Kier alpha value is -2.84. The number of guanidine groups is 1. The summed E-state index contributed by atoms with van der Waals surface area (Å²) in [4.78, 5) is 19.3. The normalized spacial score (nSPS) is 16.1. The first kappa shape index (κ1) is 21.9. The van der Waals surface area contributed by atoms with E-state index in [-0.39, 0.29) is 11.7 Å². The van der Waals surface area contributed by atoms with E-state index >= 15 is 0 Å². The largest absolute Gasteiger partial charge is 0.459 e. The third-order valence-corrected chi connectivity index (χ3v) is 4.93. The van der Waals surface area contributed by atoms with E-state index in [4.69, 9.17) is 14.1 Å². The molecule has 0 saturated carbocycles. The van der Waals surface area contributed by atoms with E-state index in [2.05, 4.69) is 27.8 Å². The number of benzene rings is 1. The lowest BCUT2D eigenvalue weighted by Crippen LogP contribution is -2.49. The van der Waals surface area contributed by atoms with E-state index in [0.29, 0.717) is 18.3 Å². The average Bonchev–Trinajstić information content (AvgIpc) is 3.31. The number of hydrogen-bond donors (Lipinski definition) is 3. The Morgan fingerprint density at radius 3 is 2.77 bits per heavy atom. The van der Waals surface area contributed by atoms with Gasteiger partial charge >= 0.3 is 0 Å². The number of morpholine rings is 1. The molecule has 1 fully saturated rings. The van der Waals surface area contributed by atoms with E-state index < -0.39 is 0 Å². The van der Waals surface area contributed by atoms with Gasteiger partial charge in [0.1, 0.15) is 0 Å². The van der Waals surface area contributed by atoms with Gasteiger partial charge in [0.15, 0.2) is 11.7 Å². The highest BCUT2D eigenvalue weighted by Gasteiger charge is 2.17. The summed E-state index contributed by atoms with van der Waals surface area (Å²) >= 11 is 0. The van der Waals surface area contributed by atoms with Crippen LogP contribution < -0.4 is 16.0 Å². The van der Waals surface area contributed by atoms with Gasteiger partial charge in [-0.1, -0.05) is 12.1 Å². The molecule has 30 heavy (non-hydrogen) atoms. The van der Waals surface area contributed by atoms with Crippen molar-refractivity contribution in [3.8, 4) is 0 Å². The Bertz CT molecular complexity index is 816. The molecule has 1 aromatic heterocycles. The zero-order valence-corrected chi connectivity index (χ0v) is 17.7. The van der Waals surface area contributed by atoms with E-state index in [1.807, 2.05) is 31.2 Å². The van der Waals surface area contributed by atoms with E-state index in [1.165, 1.54) is 6.26 Å². The van der Waals surface area contributed by atoms with Crippen LogP contribution in [0.2, 0.25) is 0 Å². The Balaban J connectivity index is 1.55. The first-order valence-electron chi connectivity index (χ1n) is 10.4. The predicted molar refractivity (Wildman–Crippen MR) is 118 cm³/mol. The van der Waals surface area contributed by atoms with Crippen LogP contribution in [-0.4, -0.2) is 62.2 Å². The third kappa shape index (κ3) is 6.60. The smallest absolute Gasteiger partial charge is 0.291 e. The van der Waals surface area contributed by atoms with Crippen molar-refractivity contribution in [1.82, 2.24) is 15.5 Å². The monoisotopic (exact) mass is 413 g/mol. The lowest BCUT2D eigenvalue weighted by atomic mass is 10.2. The molecule has 8 heteroatoms. The van der Waals surface area contributed by atoms with Gasteiger partial charge in [-0.2, -0.15) is 0 Å². The van der Waals surface area contributed by atoms with Crippen LogP contribution in [0.3, 0.4) is 0 Å². The van der Waals surface area contributed by atoms with Crippen LogP contribution in [0, 0.1) is 0 Å². The van der Waals surface area contributed by atoms with E-state index in [1.54, 1.807) is 12.1 Å². The molecular weight excluding hydrogens is 382 g/mol.